The van der Waals surface area contributed by atoms with E-state index in [-0.39, 0.29) is 61.3 Å². The number of benzene rings is 1. The van der Waals surface area contributed by atoms with Gasteiger partial charge in [-0.2, -0.15) is 4.31 Å². The number of nitrogens with one attached hydrogen (secondary N) is 1. The second kappa shape index (κ2) is 9.16. The molecule has 0 radical (unpaired) electrons. The SMILES string of the molecule is O=C(CN1C(=O)c2ccccc2C1=O)NCCS(=O)(=O)N1CCN(C(=O)c2ccco2)CC1. The Balaban J connectivity index is 1.23. The molecule has 1 fully saturated rings. The largest absolute Gasteiger partial charge is 0.459 e. The highest BCUT2D eigenvalue weighted by Crippen LogP contribution is 2.21. The molecule has 4 rings (SSSR count). The van der Waals surface area contributed by atoms with E-state index in [2.05, 4.69) is 5.32 Å². The van der Waals surface area contributed by atoms with E-state index in [1.165, 1.54) is 27.6 Å². The van der Waals surface area contributed by atoms with Crippen LogP contribution in [-0.4, -0.2) is 91.2 Å². The lowest BCUT2D eigenvalue weighted by Gasteiger charge is -2.33. The van der Waals surface area contributed by atoms with Crippen molar-refractivity contribution in [2.24, 2.45) is 0 Å². The van der Waals surface area contributed by atoms with Gasteiger partial charge in [0.2, 0.25) is 15.9 Å². The first-order valence-corrected chi connectivity index (χ1v) is 11.9. The Morgan fingerprint density at radius 3 is 2.15 bits per heavy atom. The van der Waals surface area contributed by atoms with Crippen LogP contribution >= 0.6 is 0 Å². The quantitative estimate of drug-likeness (QED) is 0.548. The molecule has 4 amide bonds. The van der Waals surface area contributed by atoms with Crippen LogP contribution in [0.5, 0.6) is 0 Å². The van der Waals surface area contributed by atoms with E-state index in [1.807, 2.05) is 0 Å². The van der Waals surface area contributed by atoms with Gasteiger partial charge in [-0.15, -0.1) is 0 Å². The molecule has 1 N–H and O–H groups in total. The molecule has 11 nitrogen and oxygen atoms in total. The number of carbonyl (C=O) groups excluding carboxylic acids is 4. The van der Waals surface area contributed by atoms with Gasteiger partial charge in [0.1, 0.15) is 6.54 Å². The van der Waals surface area contributed by atoms with E-state index < -0.39 is 34.3 Å². The standard InChI is InChI=1S/C21H22N4O7S/c26-18(14-25-19(27)15-4-1-2-5-16(15)20(25)28)22-7-13-33(30,31)24-10-8-23(9-11-24)21(29)17-6-3-12-32-17/h1-6,12H,7-11,13-14H2,(H,22,26). The zero-order valence-corrected chi connectivity index (χ0v) is 18.4. The third-order valence-electron chi connectivity index (χ3n) is 5.51. The lowest BCUT2D eigenvalue weighted by Crippen LogP contribution is -2.51. The molecule has 0 aliphatic carbocycles. The summed E-state index contributed by atoms with van der Waals surface area (Å²) < 4.78 is 31.6. The topological polar surface area (TPSA) is 137 Å². The van der Waals surface area contributed by atoms with Crippen molar-refractivity contribution in [3.05, 3.63) is 59.5 Å². The molecule has 0 spiro atoms. The van der Waals surface area contributed by atoms with Crippen LogP contribution < -0.4 is 5.32 Å². The first-order chi connectivity index (χ1) is 15.8. The summed E-state index contributed by atoms with van der Waals surface area (Å²) in [5.74, 6) is -2.17. The van der Waals surface area contributed by atoms with Gasteiger partial charge < -0.3 is 14.6 Å². The normalized spacial score (nSPS) is 16.7. The van der Waals surface area contributed by atoms with Crippen molar-refractivity contribution >= 4 is 33.7 Å². The number of fused-ring (bicyclic) bond motifs is 1. The fourth-order valence-electron chi connectivity index (χ4n) is 3.76. The Kier molecular flexibility index (Phi) is 6.29. The smallest absolute Gasteiger partial charge is 0.289 e. The van der Waals surface area contributed by atoms with Crippen LogP contribution in [0.1, 0.15) is 31.3 Å². The highest BCUT2D eigenvalue weighted by molar-refractivity contribution is 7.89. The van der Waals surface area contributed by atoms with Gasteiger partial charge in [0.25, 0.3) is 17.7 Å². The molecule has 2 aliphatic heterocycles. The van der Waals surface area contributed by atoms with Crippen molar-refractivity contribution < 1.29 is 32.0 Å². The Hall–Kier alpha value is -3.51. The molecule has 0 unspecified atom stereocenters. The summed E-state index contributed by atoms with van der Waals surface area (Å²) >= 11 is 0. The van der Waals surface area contributed by atoms with Crippen molar-refractivity contribution in [1.29, 1.82) is 0 Å². The van der Waals surface area contributed by atoms with Crippen LogP contribution in [0.3, 0.4) is 0 Å². The van der Waals surface area contributed by atoms with Gasteiger partial charge >= 0.3 is 0 Å². The predicted molar refractivity (Wildman–Crippen MR) is 115 cm³/mol. The molecule has 3 heterocycles. The molecule has 12 heteroatoms. The van der Waals surface area contributed by atoms with Crippen molar-refractivity contribution in [3.8, 4) is 0 Å². The second-order valence-electron chi connectivity index (χ2n) is 7.58. The van der Waals surface area contributed by atoms with Crippen molar-refractivity contribution in [1.82, 2.24) is 19.4 Å². The van der Waals surface area contributed by atoms with Gasteiger partial charge in [-0.1, -0.05) is 12.1 Å². The summed E-state index contributed by atoms with van der Waals surface area (Å²) in [6.07, 6.45) is 1.40. The molecule has 1 aromatic heterocycles. The van der Waals surface area contributed by atoms with E-state index >= 15 is 0 Å². The number of nitrogens with zero attached hydrogens (tertiary/aromatic N) is 3. The molecule has 2 aliphatic rings. The summed E-state index contributed by atoms with van der Waals surface area (Å²) in [5, 5.41) is 2.45. The number of amides is 4. The first kappa shape index (κ1) is 22.7. The van der Waals surface area contributed by atoms with Crippen LogP contribution in [0.25, 0.3) is 0 Å². The summed E-state index contributed by atoms with van der Waals surface area (Å²) in [6, 6.07) is 9.45. The third-order valence-corrected chi connectivity index (χ3v) is 7.39. The Labute approximate surface area is 190 Å². The second-order valence-corrected chi connectivity index (χ2v) is 9.67. The fraction of sp³-hybridized carbons (Fsp3) is 0.333. The molecule has 2 aromatic rings. The van der Waals surface area contributed by atoms with Crippen LogP contribution in [-0.2, 0) is 14.8 Å². The lowest BCUT2D eigenvalue weighted by atomic mass is 10.1. The number of imide groups is 1. The van der Waals surface area contributed by atoms with Gasteiger partial charge in [0.15, 0.2) is 5.76 Å². The van der Waals surface area contributed by atoms with Gasteiger partial charge in [-0.05, 0) is 24.3 Å². The summed E-state index contributed by atoms with van der Waals surface area (Å²) in [6.45, 7) is 0.0705. The van der Waals surface area contributed by atoms with Crippen LogP contribution in [0.15, 0.2) is 47.1 Å². The van der Waals surface area contributed by atoms with Crippen molar-refractivity contribution in [2.45, 2.75) is 0 Å². The molecule has 0 atom stereocenters. The van der Waals surface area contributed by atoms with E-state index in [4.69, 9.17) is 4.42 Å². The predicted octanol–water partition coefficient (Wildman–Crippen LogP) is -0.220. The lowest BCUT2D eigenvalue weighted by molar-refractivity contribution is -0.121. The molecular formula is C21H22N4O7S. The number of furan rings is 1. The summed E-state index contributed by atoms with van der Waals surface area (Å²) in [4.78, 5) is 51.5. The zero-order valence-electron chi connectivity index (χ0n) is 17.6. The number of piperazine rings is 1. The number of sulfonamides is 1. The maximum Gasteiger partial charge on any atom is 0.289 e. The van der Waals surface area contributed by atoms with Crippen LogP contribution in [0.4, 0.5) is 0 Å². The first-order valence-electron chi connectivity index (χ1n) is 10.3. The summed E-state index contributed by atoms with van der Waals surface area (Å²) in [7, 11) is -3.66. The molecule has 0 saturated carbocycles. The molecule has 0 bridgehead atoms. The minimum absolute atomic E-state index is 0.137. The van der Waals surface area contributed by atoms with Gasteiger partial charge in [-0.3, -0.25) is 24.1 Å². The number of hydrogen-bond acceptors (Lipinski definition) is 7. The highest BCUT2D eigenvalue weighted by Gasteiger charge is 2.36. The monoisotopic (exact) mass is 474 g/mol. The van der Waals surface area contributed by atoms with E-state index in [9.17, 15) is 27.6 Å². The molecule has 174 valence electrons. The number of carbonyl (C=O) groups is 4. The Morgan fingerprint density at radius 2 is 1.58 bits per heavy atom. The van der Waals surface area contributed by atoms with Gasteiger partial charge in [0.05, 0.1) is 23.1 Å². The molecule has 33 heavy (non-hydrogen) atoms. The van der Waals surface area contributed by atoms with Crippen LogP contribution in [0, 0.1) is 0 Å². The minimum atomic E-state index is -3.66. The number of hydrogen-bond donors (Lipinski definition) is 1. The van der Waals surface area contributed by atoms with Gasteiger partial charge in [0, 0.05) is 32.7 Å². The van der Waals surface area contributed by atoms with E-state index in [1.54, 1.807) is 24.3 Å². The van der Waals surface area contributed by atoms with Gasteiger partial charge in [-0.25, -0.2) is 8.42 Å². The van der Waals surface area contributed by atoms with Crippen molar-refractivity contribution in [2.75, 3.05) is 45.0 Å². The maximum atomic E-state index is 12.6. The molecule has 1 aromatic carbocycles. The third kappa shape index (κ3) is 4.66. The fourth-order valence-corrected chi connectivity index (χ4v) is 5.09. The average Bonchev–Trinajstić information content (AvgIpc) is 3.43. The molecule has 1 saturated heterocycles. The Bertz CT molecular complexity index is 1150. The average molecular weight is 474 g/mol. The maximum absolute atomic E-state index is 12.6. The summed E-state index contributed by atoms with van der Waals surface area (Å²) in [5.41, 5.74) is 0.477. The minimum Gasteiger partial charge on any atom is -0.459 e. The number of rotatable bonds is 7. The highest BCUT2D eigenvalue weighted by atomic mass is 32.2. The van der Waals surface area contributed by atoms with Crippen LogP contribution in [0.2, 0.25) is 0 Å². The van der Waals surface area contributed by atoms with E-state index in [0.717, 1.165) is 4.90 Å². The molecular weight excluding hydrogens is 452 g/mol. The zero-order chi connectivity index (χ0) is 23.6. The Morgan fingerprint density at radius 1 is 0.939 bits per heavy atom. The van der Waals surface area contributed by atoms with Crippen molar-refractivity contribution in [3.63, 3.8) is 0 Å². The van der Waals surface area contributed by atoms with E-state index in [0.29, 0.717) is 0 Å².